The van der Waals surface area contributed by atoms with Crippen molar-refractivity contribution in [2.24, 2.45) is 10.7 Å². The number of aliphatic imine (C=N–C) groups is 1. The molecule has 0 aliphatic carbocycles. The molecule has 1 heterocycles. The maximum absolute atomic E-state index is 6.02. The number of likely N-dealkylation sites (N-methyl/N-ethyl adjacent to an activating group) is 1. The molecule has 158 valence electrons. The van der Waals surface area contributed by atoms with E-state index < -0.39 is 0 Å². The van der Waals surface area contributed by atoms with Gasteiger partial charge in [0, 0.05) is 44.5 Å². The van der Waals surface area contributed by atoms with Crippen molar-refractivity contribution >= 4 is 35.6 Å². The van der Waals surface area contributed by atoms with Crippen LogP contribution in [0.4, 0.5) is 5.69 Å². The SMILES string of the molecule is COc1ccc(NC(N)=NCCCN2CCN(C)CC2c2ccccc2)cc1.I. The fourth-order valence-electron chi connectivity index (χ4n) is 3.55. The van der Waals surface area contributed by atoms with Crippen molar-refractivity contribution in [2.45, 2.75) is 12.5 Å². The molecule has 1 aliphatic rings. The molecular weight excluding hydrogens is 477 g/mol. The minimum absolute atomic E-state index is 0. The van der Waals surface area contributed by atoms with Gasteiger partial charge in [0.1, 0.15) is 5.75 Å². The van der Waals surface area contributed by atoms with Crippen LogP contribution in [-0.2, 0) is 0 Å². The number of hydrogen-bond acceptors (Lipinski definition) is 4. The van der Waals surface area contributed by atoms with Crippen molar-refractivity contribution < 1.29 is 4.74 Å². The van der Waals surface area contributed by atoms with Gasteiger partial charge in [0.25, 0.3) is 0 Å². The van der Waals surface area contributed by atoms with Gasteiger partial charge in [-0.1, -0.05) is 30.3 Å². The Hall–Kier alpha value is -1.84. The third-order valence-corrected chi connectivity index (χ3v) is 5.13. The molecule has 1 unspecified atom stereocenters. The van der Waals surface area contributed by atoms with E-state index in [0.29, 0.717) is 18.5 Å². The highest BCUT2D eigenvalue weighted by Crippen LogP contribution is 2.24. The highest BCUT2D eigenvalue weighted by Gasteiger charge is 2.25. The van der Waals surface area contributed by atoms with Crippen LogP contribution in [0.25, 0.3) is 0 Å². The number of rotatable bonds is 7. The first kappa shape index (κ1) is 23.4. The van der Waals surface area contributed by atoms with Crippen molar-refractivity contribution in [3.8, 4) is 5.75 Å². The number of piperazine rings is 1. The number of anilines is 1. The van der Waals surface area contributed by atoms with Gasteiger partial charge >= 0.3 is 0 Å². The van der Waals surface area contributed by atoms with Crippen LogP contribution in [0.1, 0.15) is 18.0 Å². The van der Waals surface area contributed by atoms with Crippen molar-refractivity contribution in [3.63, 3.8) is 0 Å². The number of nitrogens with one attached hydrogen (secondary N) is 1. The fourth-order valence-corrected chi connectivity index (χ4v) is 3.55. The fraction of sp³-hybridized carbons (Fsp3) is 0.409. The molecule has 2 aromatic rings. The van der Waals surface area contributed by atoms with Crippen LogP contribution in [-0.4, -0.2) is 62.6 Å². The number of benzene rings is 2. The second-order valence-electron chi connectivity index (χ2n) is 7.20. The lowest BCUT2D eigenvalue weighted by atomic mass is 10.0. The van der Waals surface area contributed by atoms with Gasteiger partial charge in [-0.15, -0.1) is 24.0 Å². The predicted octanol–water partition coefficient (Wildman–Crippen LogP) is 3.42. The van der Waals surface area contributed by atoms with E-state index in [1.807, 2.05) is 24.3 Å². The van der Waals surface area contributed by atoms with Gasteiger partial charge in [-0.2, -0.15) is 0 Å². The monoisotopic (exact) mass is 509 g/mol. The van der Waals surface area contributed by atoms with Gasteiger partial charge in [-0.3, -0.25) is 9.89 Å². The first-order valence-corrected chi connectivity index (χ1v) is 9.84. The number of hydrogen-bond donors (Lipinski definition) is 2. The molecule has 0 bridgehead atoms. The molecule has 1 atom stereocenters. The molecule has 3 rings (SSSR count). The summed E-state index contributed by atoms with van der Waals surface area (Å²) in [6, 6.07) is 18.9. The summed E-state index contributed by atoms with van der Waals surface area (Å²) in [6.07, 6.45) is 0.984. The van der Waals surface area contributed by atoms with E-state index in [0.717, 1.165) is 44.0 Å². The average Bonchev–Trinajstić information content (AvgIpc) is 2.73. The summed E-state index contributed by atoms with van der Waals surface area (Å²) in [4.78, 5) is 9.45. The Morgan fingerprint density at radius 3 is 2.55 bits per heavy atom. The molecule has 0 spiro atoms. The molecule has 0 aromatic heterocycles. The van der Waals surface area contributed by atoms with Gasteiger partial charge < -0.3 is 20.7 Å². The highest BCUT2D eigenvalue weighted by atomic mass is 127. The zero-order chi connectivity index (χ0) is 19.8. The summed E-state index contributed by atoms with van der Waals surface area (Å²) in [6.45, 7) is 4.98. The topological polar surface area (TPSA) is 66.1 Å². The van der Waals surface area contributed by atoms with Crippen LogP contribution < -0.4 is 15.8 Å². The maximum Gasteiger partial charge on any atom is 0.193 e. The lowest BCUT2D eigenvalue weighted by molar-refractivity contribution is 0.0894. The zero-order valence-electron chi connectivity index (χ0n) is 17.3. The quantitative estimate of drug-likeness (QED) is 0.259. The summed E-state index contributed by atoms with van der Waals surface area (Å²) in [7, 11) is 3.85. The van der Waals surface area contributed by atoms with Crippen LogP contribution in [0.2, 0.25) is 0 Å². The van der Waals surface area contributed by atoms with Crippen LogP contribution in [0.5, 0.6) is 5.75 Å². The summed E-state index contributed by atoms with van der Waals surface area (Å²) < 4.78 is 5.16. The molecule has 7 heteroatoms. The van der Waals surface area contributed by atoms with E-state index in [1.165, 1.54) is 5.56 Å². The number of methoxy groups -OCH3 is 1. The summed E-state index contributed by atoms with van der Waals surface area (Å²) in [5, 5.41) is 3.12. The number of halogens is 1. The first-order valence-electron chi connectivity index (χ1n) is 9.84. The molecule has 0 amide bonds. The standard InChI is InChI=1S/C22H31N5O.HI/c1-26-15-16-27(21(17-26)18-7-4-3-5-8-18)14-6-13-24-22(23)25-19-9-11-20(28-2)12-10-19;/h3-5,7-12,21H,6,13-17H2,1-2H3,(H3,23,24,25);1H. The Balaban J connectivity index is 0.00000300. The zero-order valence-corrected chi connectivity index (χ0v) is 19.6. The lowest BCUT2D eigenvalue weighted by Crippen LogP contribution is -2.47. The normalized spacial score (nSPS) is 18.1. The smallest absolute Gasteiger partial charge is 0.193 e. The van der Waals surface area contributed by atoms with Crippen LogP contribution in [0.15, 0.2) is 59.6 Å². The second kappa shape index (κ2) is 12.0. The second-order valence-corrected chi connectivity index (χ2v) is 7.20. The molecule has 1 aliphatic heterocycles. The Labute approximate surface area is 191 Å². The van der Waals surface area contributed by atoms with Crippen LogP contribution in [0, 0.1) is 0 Å². The third-order valence-electron chi connectivity index (χ3n) is 5.13. The molecule has 0 saturated carbocycles. The van der Waals surface area contributed by atoms with Gasteiger partial charge in [-0.05, 0) is 43.3 Å². The molecule has 6 nitrogen and oxygen atoms in total. The van der Waals surface area contributed by atoms with Crippen LogP contribution >= 0.6 is 24.0 Å². The Morgan fingerprint density at radius 1 is 1.14 bits per heavy atom. The first-order chi connectivity index (χ1) is 13.7. The van der Waals surface area contributed by atoms with Crippen LogP contribution in [0.3, 0.4) is 0 Å². The van der Waals surface area contributed by atoms with Gasteiger partial charge in [0.05, 0.1) is 7.11 Å². The summed E-state index contributed by atoms with van der Waals surface area (Å²) in [5.41, 5.74) is 8.31. The molecule has 1 saturated heterocycles. The molecule has 29 heavy (non-hydrogen) atoms. The van der Waals surface area contributed by atoms with E-state index in [1.54, 1.807) is 7.11 Å². The molecule has 1 fully saturated rings. The lowest BCUT2D eigenvalue weighted by Gasteiger charge is -2.40. The van der Waals surface area contributed by atoms with E-state index in [2.05, 4.69) is 57.5 Å². The minimum Gasteiger partial charge on any atom is -0.497 e. The molecule has 0 radical (unpaired) electrons. The highest BCUT2D eigenvalue weighted by molar-refractivity contribution is 14.0. The Morgan fingerprint density at radius 2 is 1.86 bits per heavy atom. The van der Waals surface area contributed by atoms with Crippen molar-refractivity contribution in [1.82, 2.24) is 9.80 Å². The Bertz CT molecular complexity index is 754. The molecule has 2 aromatic carbocycles. The van der Waals surface area contributed by atoms with Gasteiger partial charge in [0.15, 0.2) is 5.96 Å². The van der Waals surface area contributed by atoms with E-state index in [-0.39, 0.29) is 24.0 Å². The van der Waals surface area contributed by atoms with Gasteiger partial charge in [-0.25, -0.2) is 0 Å². The summed E-state index contributed by atoms with van der Waals surface area (Å²) in [5.74, 6) is 1.27. The molecular formula is C22H32IN5O. The maximum atomic E-state index is 6.02. The number of ether oxygens (including phenoxy) is 1. The number of guanidine groups is 1. The number of nitrogens with zero attached hydrogens (tertiary/aromatic N) is 3. The third kappa shape index (κ3) is 7.17. The van der Waals surface area contributed by atoms with E-state index >= 15 is 0 Å². The number of nitrogens with two attached hydrogens (primary N) is 1. The van der Waals surface area contributed by atoms with E-state index in [4.69, 9.17) is 10.5 Å². The van der Waals surface area contributed by atoms with E-state index in [9.17, 15) is 0 Å². The van der Waals surface area contributed by atoms with Crippen molar-refractivity contribution in [2.75, 3.05) is 52.2 Å². The minimum atomic E-state index is 0. The summed E-state index contributed by atoms with van der Waals surface area (Å²) >= 11 is 0. The van der Waals surface area contributed by atoms with Crippen molar-refractivity contribution in [3.05, 3.63) is 60.2 Å². The largest absolute Gasteiger partial charge is 0.497 e. The predicted molar refractivity (Wildman–Crippen MR) is 131 cm³/mol. The van der Waals surface area contributed by atoms with Crippen molar-refractivity contribution in [1.29, 1.82) is 0 Å². The Kier molecular flexibility index (Phi) is 9.69. The van der Waals surface area contributed by atoms with Gasteiger partial charge in [0.2, 0.25) is 0 Å². The molecule has 3 N–H and O–H groups in total. The average molecular weight is 509 g/mol.